The number of hydrogen-bond acceptors (Lipinski definition) is 5. The fraction of sp³-hybridized carbons (Fsp3) is 0.0588. The quantitative estimate of drug-likeness (QED) is 0.485. The number of aromatic nitrogens is 2. The van der Waals surface area contributed by atoms with Crippen molar-refractivity contribution in [2.75, 3.05) is 7.11 Å². The minimum absolute atomic E-state index is 0.00328. The Labute approximate surface area is 141 Å². The second-order valence-electron chi connectivity index (χ2n) is 4.91. The van der Waals surface area contributed by atoms with Crippen LogP contribution in [0.1, 0.15) is 5.56 Å². The minimum Gasteiger partial charge on any atom is -0.504 e. The number of thioether (sulfide) groups is 1. The van der Waals surface area contributed by atoms with Gasteiger partial charge in [-0.1, -0.05) is 18.2 Å². The number of carboxylic acid groups (broad SMARTS) is 1. The number of ether oxygens (including phenoxy) is 1. The molecule has 122 valence electrons. The van der Waals surface area contributed by atoms with E-state index in [1.54, 1.807) is 12.1 Å². The van der Waals surface area contributed by atoms with Crippen molar-refractivity contribution in [2.24, 2.45) is 0 Å². The molecule has 2 aromatic carbocycles. The van der Waals surface area contributed by atoms with Crippen LogP contribution in [0.3, 0.4) is 0 Å². The van der Waals surface area contributed by atoms with E-state index in [9.17, 15) is 15.0 Å². The number of hydrogen-bond donors (Lipinski definition) is 3. The number of fused-ring (bicyclic) bond motifs is 1. The third-order valence-corrected chi connectivity index (χ3v) is 4.19. The van der Waals surface area contributed by atoms with Crippen LogP contribution < -0.4 is 4.74 Å². The first kappa shape index (κ1) is 15.9. The first-order valence-corrected chi connectivity index (χ1v) is 7.83. The van der Waals surface area contributed by atoms with Crippen LogP contribution >= 0.6 is 11.8 Å². The molecule has 0 amide bonds. The average Bonchev–Trinajstić information content (AvgIpc) is 2.98. The van der Waals surface area contributed by atoms with Crippen LogP contribution in [0.4, 0.5) is 0 Å². The second kappa shape index (κ2) is 6.67. The lowest BCUT2D eigenvalue weighted by Gasteiger charge is -2.05. The van der Waals surface area contributed by atoms with Gasteiger partial charge in [-0.05, 0) is 47.7 Å². The molecule has 7 heteroatoms. The minimum atomic E-state index is -1.06. The smallest absolute Gasteiger partial charge is 0.342 e. The maximum atomic E-state index is 11.5. The molecule has 0 spiro atoms. The zero-order valence-corrected chi connectivity index (χ0v) is 13.5. The van der Waals surface area contributed by atoms with Gasteiger partial charge >= 0.3 is 5.97 Å². The lowest BCUT2D eigenvalue weighted by Crippen LogP contribution is -1.97. The number of carboxylic acids is 1. The molecule has 0 aliphatic heterocycles. The van der Waals surface area contributed by atoms with E-state index in [4.69, 9.17) is 4.74 Å². The maximum absolute atomic E-state index is 11.5. The lowest BCUT2D eigenvalue weighted by molar-refractivity contribution is -0.131. The summed E-state index contributed by atoms with van der Waals surface area (Å²) in [6.07, 6.45) is 1.50. The summed E-state index contributed by atoms with van der Waals surface area (Å²) in [5, 5.41) is 19.5. The fourth-order valence-corrected chi connectivity index (χ4v) is 2.95. The van der Waals surface area contributed by atoms with E-state index in [0.717, 1.165) is 22.8 Å². The Morgan fingerprint density at radius 3 is 2.79 bits per heavy atom. The topological polar surface area (TPSA) is 95.4 Å². The number of aromatic hydroxyl groups is 1. The van der Waals surface area contributed by atoms with Gasteiger partial charge in [-0.25, -0.2) is 9.78 Å². The summed E-state index contributed by atoms with van der Waals surface area (Å²) in [6, 6.07) is 12.1. The van der Waals surface area contributed by atoms with Gasteiger partial charge in [-0.3, -0.25) is 0 Å². The van der Waals surface area contributed by atoms with E-state index in [2.05, 4.69) is 9.97 Å². The molecule has 0 saturated carbocycles. The van der Waals surface area contributed by atoms with E-state index >= 15 is 0 Å². The van der Waals surface area contributed by atoms with E-state index < -0.39 is 5.97 Å². The summed E-state index contributed by atoms with van der Waals surface area (Å²) >= 11 is 1.03. The summed E-state index contributed by atoms with van der Waals surface area (Å²) in [5.41, 5.74) is 2.22. The number of carbonyl (C=O) groups is 1. The number of aliphatic carboxylic acids is 1. The molecule has 1 heterocycles. The van der Waals surface area contributed by atoms with Crippen LogP contribution in [0.25, 0.3) is 17.1 Å². The van der Waals surface area contributed by atoms with Gasteiger partial charge in [-0.2, -0.15) is 0 Å². The highest BCUT2D eigenvalue weighted by atomic mass is 32.2. The maximum Gasteiger partial charge on any atom is 0.342 e. The van der Waals surface area contributed by atoms with Crippen molar-refractivity contribution in [3.05, 3.63) is 52.9 Å². The van der Waals surface area contributed by atoms with Crippen LogP contribution in [-0.4, -0.2) is 33.3 Å². The third kappa shape index (κ3) is 3.36. The van der Waals surface area contributed by atoms with Crippen molar-refractivity contribution in [3.63, 3.8) is 0 Å². The molecule has 3 rings (SSSR count). The van der Waals surface area contributed by atoms with Gasteiger partial charge in [-0.15, -0.1) is 0 Å². The van der Waals surface area contributed by atoms with Gasteiger partial charge < -0.3 is 19.9 Å². The zero-order chi connectivity index (χ0) is 17.1. The van der Waals surface area contributed by atoms with Crippen LogP contribution in [-0.2, 0) is 4.79 Å². The highest BCUT2D eigenvalue weighted by Gasteiger charge is 2.13. The number of nitrogens with zero attached hydrogens (tertiary/aromatic N) is 1. The number of benzene rings is 2. The molecule has 0 radical (unpaired) electrons. The van der Waals surface area contributed by atoms with Crippen molar-refractivity contribution < 1.29 is 19.7 Å². The lowest BCUT2D eigenvalue weighted by atomic mass is 10.2. The molecular weight excluding hydrogens is 328 g/mol. The summed E-state index contributed by atoms with van der Waals surface area (Å²) in [4.78, 5) is 19.1. The van der Waals surface area contributed by atoms with Gasteiger partial charge in [0.15, 0.2) is 16.7 Å². The SMILES string of the molecule is COc1cc(/C=C(\Sc2nc3ccccc3[nH]2)C(=O)O)ccc1O. The van der Waals surface area contributed by atoms with Crippen molar-refractivity contribution in [1.82, 2.24) is 9.97 Å². The molecule has 0 aliphatic carbocycles. The molecule has 6 nitrogen and oxygen atoms in total. The van der Waals surface area contributed by atoms with Gasteiger partial charge in [0.05, 0.1) is 18.1 Å². The van der Waals surface area contributed by atoms with E-state index in [1.165, 1.54) is 19.3 Å². The first-order valence-electron chi connectivity index (χ1n) is 7.01. The fourth-order valence-electron chi connectivity index (χ4n) is 2.15. The van der Waals surface area contributed by atoms with E-state index in [-0.39, 0.29) is 16.4 Å². The van der Waals surface area contributed by atoms with E-state index in [0.29, 0.717) is 10.7 Å². The number of methoxy groups -OCH3 is 1. The summed E-state index contributed by atoms with van der Waals surface area (Å²) in [6.45, 7) is 0. The van der Waals surface area contributed by atoms with Crippen molar-refractivity contribution in [1.29, 1.82) is 0 Å². The number of H-pyrrole nitrogens is 1. The van der Waals surface area contributed by atoms with Gasteiger partial charge in [0.2, 0.25) is 0 Å². The Balaban J connectivity index is 1.93. The molecule has 0 atom stereocenters. The highest BCUT2D eigenvalue weighted by molar-refractivity contribution is 8.04. The molecule has 3 aromatic rings. The van der Waals surface area contributed by atoms with Crippen molar-refractivity contribution in [3.8, 4) is 11.5 Å². The predicted molar refractivity (Wildman–Crippen MR) is 92.2 cm³/mol. The van der Waals surface area contributed by atoms with Crippen LogP contribution in [0.15, 0.2) is 52.5 Å². The molecular formula is C17H14N2O4S. The van der Waals surface area contributed by atoms with Crippen molar-refractivity contribution in [2.45, 2.75) is 5.16 Å². The molecule has 0 saturated heterocycles. The molecule has 3 N–H and O–H groups in total. The standard InChI is InChI=1S/C17H14N2O4S/c1-23-14-8-10(6-7-13(14)20)9-15(16(21)22)24-17-18-11-4-2-3-5-12(11)19-17/h2-9,20H,1H3,(H,18,19)(H,21,22)/b15-9-. The average molecular weight is 342 g/mol. The molecule has 0 unspecified atom stereocenters. The number of nitrogens with one attached hydrogen (secondary N) is 1. The molecule has 0 fully saturated rings. The molecule has 0 aliphatic rings. The van der Waals surface area contributed by atoms with Crippen molar-refractivity contribution >= 4 is 34.8 Å². The van der Waals surface area contributed by atoms with Crippen LogP contribution in [0.2, 0.25) is 0 Å². The molecule has 24 heavy (non-hydrogen) atoms. The third-order valence-electron chi connectivity index (χ3n) is 3.29. The van der Waals surface area contributed by atoms with Crippen LogP contribution in [0, 0.1) is 0 Å². The van der Waals surface area contributed by atoms with Gasteiger partial charge in [0.1, 0.15) is 4.91 Å². The second-order valence-corrected chi connectivity index (χ2v) is 5.94. The summed E-state index contributed by atoms with van der Waals surface area (Å²) in [5.74, 6) is -0.786. The Kier molecular flexibility index (Phi) is 4.43. The Morgan fingerprint density at radius 1 is 1.29 bits per heavy atom. The van der Waals surface area contributed by atoms with Crippen LogP contribution in [0.5, 0.6) is 11.5 Å². The number of imidazole rings is 1. The highest BCUT2D eigenvalue weighted by Crippen LogP contribution is 2.31. The number of aromatic amines is 1. The van der Waals surface area contributed by atoms with Gasteiger partial charge in [0, 0.05) is 0 Å². The number of phenolic OH excluding ortho intramolecular Hbond substituents is 1. The largest absolute Gasteiger partial charge is 0.504 e. The predicted octanol–water partition coefficient (Wildman–Crippen LogP) is 3.49. The normalized spacial score (nSPS) is 11.6. The van der Waals surface area contributed by atoms with Gasteiger partial charge in [0.25, 0.3) is 0 Å². The monoisotopic (exact) mass is 342 g/mol. The summed E-state index contributed by atoms with van der Waals surface area (Å²) in [7, 11) is 1.43. The number of para-hydroxylation sites is 2. The number of phenols is 1. The Morgan fingerprint density at radius 2 is 2.08 bits per heavy atom. The Hall–Kier alpha value is -2.93. The first-order chi connectivity index (χ1) is 11.6. The molecule has 0 bridgehead atoms. The van der Waals surface area contributed by atoms with E-state index in [1.807, 2.05) is 24.3 Å². The summed E-state index contributed by atoms with van der Waals surface area (Å²) < 4.78 is 5.03. The molecule has 1 aromatic heterocycles. The number of rotatable bonds is 5. The Bertz CT molecular complexity index is 900. The zero-order valence-electron chi connectivity index (χ0n) is 12.7.